The highest BCUT2D eigenvalue weighted by atomic mass is 16.5. The molecule has 3 nitrogen and oxygen atoms in total. The lowest BCUT2D eigenvalue weighted by Gasteiger charge is -2.34. The van der Waals surface area contributed by atoms with Crippen molar-refractivity contribution >= 4 is 11.7 Å². The van der Waals surface area contributed by atoms with Crippen molar-refractivity contribution in [3.63, 3.8) is 0 Å². The van der Waals surface area contributed by atoms with Crippen LogP contribution in [0.5, 0.6) is 0 Å². The van der Waals surface area contributed by atoms with Crippen molar-refractivity contribution in [2.45, 2.75) is 33.3 Å². The summed E-state index contributed by atoms with van der Waals surface area (Å²) in [7, 11) is 0. The maximum absolute atomic E-state index is 11.8. The summed E-state index contributed by atoms with van der Waals surface area (Å²) in [6, 6.07) is 8.31. The topological polar surface area (TPSA) is 29.5 Å². The zero-order valence-electron chi connectivity index (χ0n) is 11.3. The Morgan fingerprint density at radius 2 is 2.17 bits per heavy atom. The van der Waals surface area contributed by atoms with E-state index in [0.29, 0.717) is 12.5 Å². The van der Waals surface area contributed by atoms with Gasteiger partial charge in [0.25, 0.3) is 0 Å². The first-order valence-corrected chi connectivity index (χ1v) is 6.58. The van der Waals surface area contributed by atoms with E-state index in [0.717, 1.165) is 13.0 Å². The van der Waals surface area contributed by atoms with Crippen LogP contribution in [0.15, 0.2) is 24.3 Å². The number of hydrogen-bond donors (Lipinski definition) is 0. The lowest BCUT2D eigenvalue weighted by atomic mass is 9.94. The first-order valence-electron chi connectivity index (χ1n) is 6.58. The predicted octanol–water partition coefficient (Wildman–Crippen LogP) is 2.64. The van der Waals surface area contributed by atoms with Crippen molar-refractivity contribution in [3.8, 4) is 0 Å². The Bertz CT molecular complexity index is 428. The molecule has 1 aliphatic heterocycles. The monoisotopic (exact) mass is 247 g/mol. The molecule has 0 aliphatic carbocycles. The SMILES string of the molecule is CC1Cc2ccccc2N(CC(=O)OC(C)C)C1. The molecule has 0 spiro atoms. The van der Waals surface area contributed by atoms with E-state index in [1.54, 1.807) is 0 Å². The molecule has 1 aromatic rings. The number of carbonyl (C=O) groups is 1. The molecule has 0 bridgehead atoms. The summed E-state index contributed by atoms with van der Waals surface area (Å²) in [5.74, 6) is 0.431. The summed E-state index contributed by atoms with van der Waals surface area (Å²) in [5, 5.41) is 0. The first-order chi connectivity index (χ1) is 8.56. The first kappa shape index (κ1) is 12.9. The van der Waals surface area contributed by atoms with Crippen LogP contribution in [0.1, 0.15) is 26.3 Å². The van der Waals surface area contributed by atoms with Crippen molar-refractivity contribution in [3.05, 3.63) is 29.8 Å². The Morgan fingerprint density at radius 1 is 1.44 bits per heavy atom. The second kappa shape index (κ2) is 5.42. The fourth-order valence-corrected chi connectivity index (χ4v) is 2.51. The number of rotatable bonds is 3. The van der Waals surface area contributed by atoms with Crippen LogP contribution in [0.25, 0.3) is 0 Å². The van der Waals surface area contributed by atoms with Gasteiger partial charge in [-0.1, -0.05) is 25.1 Å². The Balaban J connectivity index is 2.11. The zero-order valence-corrected chi connectivity index (χ0v) is 11.3. The lowest BCUT2D eigenvalue weighted by Crippen LogP contribution is -2.39. The Morgan fingerprint density at radius 3 is 2.89 bits per heavy atom. The van der Waals surface area contributed by atoms with E-state index in [-0.39, 0.29) is 12.1 Å². The van der Waals surface area contributed by atoms with Gasteiger partial charge >= 0.3 is 5.97 Å². The van der Waals surface area contributed by atoms with Crippen LogP contribution in [0.4, 0.5) is 5.69 Å². The van der Waals surface area contributed by atoms with Gasteiger partial charge in [-0.25, -0.2) is 0 Å². The molecule has 1 aliphatic rings. The van der Waals surface area contributed by atoms with Crippen LogP contribution >= 0.6 is 0 Å². The van der Waals surface area contributed by atoms with Crippen molar-refractivity contribution in [2.24, 2.45) is 5.92 Å². The standard InChI is InChI=1S/C15H21NO2/c1-11(2)18-15(17)10-16-9-12(3)8-13-6-4-5-7-14(13)16/h4-7,11-12H,8-10H2,1-3H3. The van der Waals surface area contributed by atoms with Crippen LogP contribution in [0, 0.1) is 5.92 Å². The van der Waals surface area contributed by atoms with E-state index in [2.05, 4.69) is 30.0 Å². The molecule has 1 atom stereocenters. The molecule has 1 heterocycles. The summed E-state index contributed by atoms with van der Waals surface area (Å²) in [6.07, 6.45) is 1.04. The largest absolute Gasteiger partial charge is 0.462 e. The third-order valence-corrected chi connectivity index (χ3v) is 3.12. The smallest absolute Gasteiger partial charge is 0.325 e. The molecular formula is C15H21NO2. The molecule has 2 rings (SSSR count). The fraction of sp³-hybridized carbons (Fsp3) is 0.533. The molecule has 0 radical (unpaired) electrons. The minimum atomic E-state index is -0.145. The van der Waals surface area contributed by atoms with Gasteiger partial charge in [0, 0.05) is 12.2 Å². The van der Waals surface area contributed by atoms with Crippen LogP contribution in [-0.4, -0.2) is 25.2 Å². The maximum atomic E-state index is 11.8. The van der Waals surface area contributed by atoms with Crippen molar-refractivity contribution < 1.29 is 9.53 Å². The Labute approximate surface area is 109 Å². The lowest BCUT2D eigenvalue weighted by molar-refractivity contribution is -0.145. The van der Waals surface area contributed by atoms with Crippen LogP contribution in [0.3, 0.4) is 0 Å². The highest BCUT2D eigenvalue weighted by Gasteiger charge is 2.23. The highest BCUT2D eigenvalue weighted by molar-refractivity contribution is 5.76. The van der Waals surface area contributed by atoms with Gasteiger partial charge in [-0.3, -0.25) is 4.79 Å². The van der Waals surface area contributed by atoms with Gasteiger partial charge in [0.2, 0.25) is 0 Å². The fourth-order valence-electron chi connectivity index (χ4n) is 2.51. The van der Waals surface area contributed by atoms with Gasteiger partial charge in [0.1, 0.15) is 6.54 Å². The number of fused-ring (bicyclic) bond motifs is 1. The highest BCUT2D eigenvalue weighted by Crippen LogP contribution is 2.29. The second-order valence-corrected chi connectivity index (χ2v) is 5.36. The number of carbonyl (C=O) groups excluding carboxylic acids is 1. The molecule has 0 fully saturated rings. The number of ether oxygens (including phenoxy) is 1. The third kappa shape index (κ3) is 3.03. The second-order valence-electron chi connectivity index (χ2n) is 5.36. The van der Waals surface area contributed by atoms with Gasteiger partial charge in [0.15, 0.2) is 0 Å². The van der Waals surface area contributed by atoms with E-state index in [9.17, 15) is 4.79 Å². The maximum Gasteiger partial charge on any atom is 0.325 e. The van der Waals surface area contributed by atoms with E-state index in [4.69, 9.17) is 4.74 Å². The van der Waals surface area contributed by atoms with Gasteiger partial charge < -0.3 is 9.64 Å². The molecule has 0 saturated heterocycles. The zero-order chi connectivity index (χ0) is 13.1. The number of anilines is 1. The van der Waals surface area contributed by atoms with Gasteiger partial charge in [-0.2, -0.15) is 0 Å². The molecule has 98 valence electrons. The molecule has 18 heavy (non-hydrogen) atoms. The normalized spacial score (nSPS) is 18.7. The molecule has 0 saturated carbocycles. The van der Waals surface area contributed by atoms with Crippen molar-refractivity contribution in [1.82, 2.24) is 0 Å². The minimum absolute atomic E-state index is 0.0463. The average Bonchev–Trinajstić information content (AvgIpc) is 2.27. The molecular weight excluding hydrogens is 226 g/mol. The molecule has 0 N–H and O–H groups in total. The molecule has 1 unspecified atom stereocenters. The third-order valence-electron chi connectivity index (χ3n) is 3.12. The molecule has 0 aromatic heterocycles. The van der Waals surface area contributed by atoms with Gasteiger partial charge in [-0.05, 0) is 37.8 Å². The van der Waals surface area contributed by atoms with E-state index < -0.39 is 0 Å². The average molecular weight is 247 g/mol. The number of benzene rings is 1. The quantitative estimate of drug-likeness (QED) is 0.769. The number of esters is 1. The van der Waals surface area contributed by atoms with Gasteiger partial charge in [0.05, 0.1) is 6.10 Å². The van der Waals surface area contributed by atoms with Gasteiger partial charge in [-0.15, -0.1) is 0 Å². The Hall–Kier alpha value is -1.51. The summed E-state index contributed by atoms with van der Waals surface area (Å²) < 4.78 is 5.22. The summed E-state index contributed by atoms with van der Waals surface area (Å²) in [6.45, 7) is 7.25. The van der Waals surface area contributed by atoms with E-state index in [1.807, 2.05) is 19.9 Å². The van der Waals surface area contributed by atoms with Crippen LogP contribution in [0.2, 0.25) is 0 Å². The van der Waals surface area contributed by atoms with Crippen molar-refractivity contribution in [1.29, 1.82) is 0 Å². The molecule has 1 aromatic carbocycles. The predicted molar refractivity (Wildman–Crippen MR) is 72.8 cm³/mol. The Kier molecular flexibility index (Phi) is 3.90. The summed E-state index contributed by atoms with van der Waals surface area (Å²) in [5.41, 5.74) is 2.50. The van der Waals surface area contributed by atoms with E-state index in [1.165, 1.54) is 11.3 Å². The van der Waals surface area contributed by atoms with Crippen LogP contribution < -0.4 is 4.90 Å². The minimum Gasteiger partial charge on any atom is -0.462 e. The summed E-state index contributed by atoms with van der Waals surface area (Å²) in [4.78, 5) is 13.9. The number of nitrogens with zero attached hydrogens (tertiary/aromatic N) is 1. The van der Waals surface area contributed by atoms with Crippen LogP contribution in [-0.2, 0) is 16.0 Å². The summed E-state index contributed by atoms with van der Waals surface area (Å²) >= 11 is 0. The molecule has 0 amide bonds. The van der Waals surface area contributed by atoms with E-state index >= 15 is 0 Å². The van der Waals surface area contributed by atoms with Crippen molar-refractivity contribution in [2.75, 3.05) is 18.0 Å². The molecule has 3 heteroatoms. The number of hydrogen-bond acceptors (Lipinski definition) is 3. The number of para-hydroxylation sites is 1.